The van der Waals surface area contributed by atoms with Gasteiger partial charge in [-0.2, -0.15) is 0 Å². The minimum atomic E-state index is -1.01. The van der Waals surface area contributed by atoms with Crippen molar-refractivity contribution in [2.24, 2.45) is 0 Å². The molecule has 0 aliphatic carbocycles. The van der Waals surface area contributed by atoms with Crippen molar-refractivity contribution in [2.75, 3.05) is 13.1 Å². The fourth-order valence-electron chi connectivity index (χ4n) is 3.45. The first-order valence-electron chi connectivity index (χ1n) is 8.47. The van der Waals surface area contributed by atoms with Gasteiger partial charge in [0.05, 0.1) is 0 Å². The number of hydrogen-bond acceptors (Lipinski definition) is 4. The summed E-state index contributed by atoms with van der Waals surface area (Å²) >= 11 is 0. The topological polar surface area (TPSA) is 65.7 Å². The zero-order chi connectivity index (χ0) is 17.1. The molecule has 1 saturated heterocycles. The summed E-state index contributed by atoms with van der Waals surface area (Å²) in [7, 11) is 0. The van der Waals surface area contributed by atoms with Crippen LogP contribution in [0.3, 0.4) is 0 Å². The number of carboxylic acids is 1. The zero-order valence-corrected chi connectivity index (χ0v) is 14.2. The maximum absolute atomic E-state index is 11.2. The monoisotopic (exact) mass is 328 g/mol. The molecule has 5 nitrogen and oxygen atoms in total. The summed E-state index contributed by atoms with van der Waals surface area (Å²) in [4.78, 5) is 13.6. The molecule has 24 heavy (non-hydrogen) atoms. The molecule has 1 aromatic heterocycles. The van der Waals surface area contributed by atoms with Crippen LogP contribution in [0.4, 0.5) is 0 Å². The Balaban J connectivity index is 1.79. The van der Waals surface area contributed by atoms with Crippen LogP contribution >= 0.6 is 0 Å². The van der Waals surface area contributed by atoms with Gasteiger partial charge in [-0.1, -0.05) is 37.3 Å². The van der Waals surface area contributed by atoms with E-state index in [9.17, 15) is 4.79 Å². The quantitative estimate of drug-likeness (QED) is 0.883. The normalized spacial score (nSPS) is 21.8. The minimum absolute atomic E-state index is 0.0317. The van der Waals surface area contributed by atoms with Crippen LogP contribution in [0.2, 0.25) is 0 Å². The number of hydrogen-bond donors (Lipinski definition) is 2. The number of rotatable bonds is 5. The van der Waals surface area contributed by atoms with Crippen LogP contribution in [-0.2, 0) is 13.0 Å². The molecule has 1 fully saturated rings. The summed E-state index contributed by atoms with van der Waals surface area (Å²) in [6, 6.07) is 12.7. The Morgan fingerprint density at radius 3 is 2.79 bits per heavy atom. The molecular weight excluding hydrogens is 304 g/mol. The lowest BCUT2D eigenvalue weighted by molar-refractivity contribution is 0.0660. The fourth-order valence-corrected chi connectivity index (χ4v) is 3.45. The third-order valence-electron chi connectivity index (χ3n) is 4.78. The fraction of sp³-hybridized carbons (Fsp3) is 0.421. The first kappa shape index (κ1) is 16.7. The van der Waals surface area contributed by atoms with E-state index in [-0.39, 0.29) is 11.8 Å². The summed E-state index contributed by atoms with van der Waals surface area (Å²) in [6.45, 7) is 6.76. The van der Waals surface area contributed by atoms with Gasteiger partial charge in [0.25, 0.3) is 0 Å². The van der Waals surface area contributed by atoms with Crippen LogP contribution < -0.4 is 5.32 Å². The molecule has 1 aromatic carbocycles. The third-order valence-corrected chi connectivity index (χ3v) is 4.78. The van der Waals surface area contributed by atoms with Crippen molar-refractivity contribution in [3.8, 4) is 0 Å². The van der Waals surface area contributed by atoms with E-state index in [1.165, 1.54) is 5.56 Å². The first-order valence-corrected chi connectivity index (χ1v) is 8.47. The standard InChI is InChI=1S/C19H24N2O3/c1-3-16-15(11-17(24-16)19(22)23)12-21-10-9-20-18(13(21)2)14-7-5-4-6-8-14/h4-8,11,13,18,20H,3,9-10,12H2,1-2H3,(H,22,23)/t13-,18-/m0/s1. The maximum Gasteiger partial charge on any atom is 0.371 e. The van der Waals surface area contributed by atoms with Gasteiger partial charge in [0.15, 0.2) is 0 Å². The zero-order valence-electron chi connectivity index (χ0n) is 14.2. The molecule has 3 rings (SSSR count). The van der Waals surface area contributed by atoms with Crippen molar-refractivity contribution in [2.45, 2.75) is 38.9 Å². The second-order valence-corrected chi connectivity index (χ2v) is 6.27. The van der Waals surface area contributed by atoms with Crippen LogP contribution in [0.5, 0.6) is 0 Å². The van der Waals surface area contributed by atoms with E-state index in [2.05, 4.69) is 41.4 Å². The van der Waals surface area contributed by atoms with Gasteiger partial charge < -0.3 is 14.8 Å². The van der Waals surface area contributed by atoms with E-state index >= 15 is 0 Å². The summed E-state index contributed by atoms with van der Waals surface area (Å²) in [5.74, 6) is -0.204. The van der Waals surface area contributed by atoms with Gasteiger partial charge in [-0.25, -0.2) is 4.79 Å². The van der Waals surface area contributed by atoms with Crippen molar-refractivity contribution < 1.29 is 14.3 Å². The van der Waals surface area contributed by atoms with Crippen molar-refractivity contribution in [3.05, 3.63) is 59.0 Å². The number of carbonyl (C=O) groups is 1. The number of aromatic carboxylic acids is 1. The smallest absolute Gasteiger partial charge is 0.371 e. The third kappa shape index (κ3) is 3.37. The number of benzene rings is 1. The number of nitrogens with zero attached hydrogens (tertiary/aromatic N) is 1. The largest absolute Gasteiger partial charge is 0.475 e. The second-order valence-electron chi connectivity index (χ2n) is 6.27. The minimum Gasteiger partial charge on any atom is -0.475 e. The lowest BCUT2D eigenvalue weighted by Gasteiger charge is -2.40. The van der Waals surface area contributed by atoms with Crippen LogP contribution in [0.25, 0.3) is 0 Å². The SMILES string of the molecule is CCc1oc(C(=O)O)cc1CN1CCN[C@H](c2ccccc2)[C@@H]1C. The van der Waals surface area contributed by atoms with Gasteiger partial charge in [-0.3, -0.25) is 4.90 Å². The predicted octanol–water partition coefficient (Wildman–Crippen LogP) is 3.08. The van der Waals surface area contributed by atoms with Crippen molar-refractivity contribution in [1.29, 1.82) is 0 Å². The molecule has 0 bridgehead atoms. The Morgan fingerprint density at radius 1 is 1.38 bits per heavy atom. The lowest BCUT2D eigenvalue weighted by Crippen LogP contribution is -2.51. The van der Waals surface area contributed by atoms with Crippen LogP contribution in [0, 0.1) is 0 Å². The molecule has 2 aromatic rings. The highest BCUT2D eigenvalue weighted by Crippen LogP contribution is 2.27. The van der Waals surface area contributed by atoms with Crippen molar-refractivity contribution in [3.63, 3.8) is 0 Å². The van der Waals surface area contributed by atoms with Gasteiger partial charge in [0.1, 0.15) is 5.76 Å². The Labute approximate surface area is 142 Å². The van der Waals surface area contributed by atoms with Crippen molar-refractivity contribution in [1.82, 2.24) is 10.2 Å². The number of nitrogens with one attached hydrogen (secondary N) is 1. The molecule has 1 aliphatic heterocycles. The summed E-state index contributed by atoms with van der Waals surface area (Å²) in [5.41, 5.74) is 2.26. The molecule has 2 atom stereocenters. The Hall–Kier alpha value is -2.11. The molecule has 1 aliphatic rings. The molecule has 0 radical (unpaired) electrons. The predicted molar refractivity (Wildman–Crippen MR) is 92.1 cm³/mol. The van der Waals surface area contributed by atoms with Gasteiger partial charge in [0, 0.05) is 43.7 Å². The van der Waals surface area contributed by atoms with E-state index in [4.69, 9.17) is 9.52 Å². The first-order chi connectivity index (χ1) is 11.6. The Kier molecular flexibility index (Phi) is 5.02. The molecule has 0 amide bonds. The highest BCUT2D eigenvalue weighted by Gasteiger charge is 2.29. The van der Waals surface area contributed by atoms with E-state index in [1.54, 1.807) is 6.07 Å². The van der Waals surface area contributed by atoms with Gasteiger partial charge >= 0.3 is 5.97 Å². The van der Waals surface area contributed by atoms with Crippen LogP contribution in [-0.4, -0.2) is 35.1 Å². The van der Waals surface area contributed by atoms with Crippen LogP contribution in [0.1, 0.15) is 47.3 Å². The molecule has 2 heterocycles. The molecule has 0 spiro atoms. The average molecular weight is 328 g/mol. The number of piperazine rings is 1. The van der Waals surface area contributed by atoms with E-state index in [1.807, 2.05) is 13.0 Å². The maximum atomic E-state index is 11.2. The summed E-state index contributed by atoms with van der Waals surface area (Å²) in [5, 5.41) is 12.7. The summed E-state index contributed by atoms with van der Waals surface area (Å²) < 4.78 is 5.47. The molecule has 2 N–H and O–H groups in total. The number of aryl methyl sites for hydroxylation is 1. The Bertz CT molecular complexity index is 696. The lowest BCUT2D eigenvalue weighted by atomic mass is 9.96. The molecule has 5 heteroatoms. The van der Waals surface area contributed by atoms with Gasteiger partial charge in [-0.05, 0) is 18.6 Å². The Morgan fingerprint density at radius 2 is 2.12 bits per heavy atom. The highest BCUT2D eigenvalue weighted by molar-refractivity contribution is 5.84. The molecule has 0 unspecified atom stereocenters. The summed E-state index contributed by atoms with van der Waals surface area (Å²) in [6.07, 6.45) is 0.700. The molecular formula is C19H24N2O3. The average Bonchev–Trinajstić information content (AvgIpc) is 3.01. The second kappa shape index (κ2) is 7.20. The van der Waals surface area contributed by atoms with E-state index in [0.717, 1.165) is 24.4 Å². The molecule has 0 saturated carbocycles. The number of furan rings is 1. The highest BCUT2D eigenvalue weighted by atomic mass is 16.4. The van der Waals surface area contributed by atoms with E-state index < -0.39 is 5.97 Å². The number of carboxylic acid groups (broad SMARTS) is 1. The van der Waals surface area contributed by atoms with Crippen LogP contribution in [0.15, 0.2) is 40.8 Å². The van der Waals surface area contributed by atoms with Crippen molar-refractivity contribution >= 4 is 5.97 Å². The molecule has 128 valence electrons. The van der Waals surface area contributed by atoms with Gasteiger partial charge in [-0.15, -0.1) is 0 Å². The van der Waals surface area contributed by atoms with Gasteiger partial charge in [0.2, 0.25) is 5.76 Å². The van der Waals surface area contributed by atoms with E-state index in [0.29, 0.717) is 19.0 Å².